The number of unbranched alkanes of at least 4 members (excludes halogenated alkanes) is 1. The number of nitrogens with one attached hydrogen (secondary N) is 1. The van der Waals surface area contributed by atoms with E-state index >= 15 is 0 Å². The molecule has 0 bridgehead atoms. The highest BCUT2D eigenvalue weighted by Crippen LogP contribution is 2.34. The van der Waals surface area contributed by atoms with Crippen LogP contribution in [0.3, 0.4) is 0 Å². The van der Waals surface area contributed by atoms with Crippen LogP contribution in [0.25, 0.3) is 0 Å². The maximum atomic E-state index is 11.1. The van der Waals surface area contributed by atoms with Crippen molar-refractivity contribution in [2.24, 2.45) is 0 Å². The number of hydrogen-bond donors (Lipinski definition) is 2. The topological polar surface area (TPSA) is 67.8 Å². The van der Waals surface area contributed by atoms with Crippen molar-refractivity contribution in [2.75, 3.05) is 12.1 Å². The molecule has 1 atom stereocenters. The Morgan fingerprint density at radius 3 is 2.94 bits per heavy atom. The van der Waals surface area contributed by atoms with Crippen LogP contribution in [-0.2, 0) is 4.79 Å². The molecular formula is C13H17NO4. The summed E-state index contributed by atoms with van der Waals surface area (Å²) in [7, 11) is 0. The van der Waals surface area contributed by atoms with Crippen molar-refractivity contribution >= 4 is 11.7 Å². The summed E-state index contributed by atoms with van der Waals surface area (Å²) in [6.07, 6.45) is 2.47. The Labute approximate surface area is 106 Å². The molecule has 0 amide bonds. The van der Waals surface area contributed by atoms with Crippen molar-refractivity contribution in [2.45, 2.75) is 32.2 Å². The van der Waals surface area contributed by atoms with E-state index in [-0.39, 0.29) is 6.79 Å². The molecule has 18 heavy (non-hydrogen) atoms. The largest absolute Gasteiger partial charge is 0.480 e. The Morgan fingerprint density at radius 1 is 1.44 bits per heavy atom. The number of anilines is 1. The molecule has 2 rings (SSSR count). The Balaban J connectivity index is 2.04. The molecule has 0 saturated carbocycles. The maximum absolute atomic E-state index is 11.1. The minimum atomic E-state index is -0.832. The number of carbonyl (C=O) groups is 1. The quantitative estimate of drug-likeness (QED) is 0.813. The third-order valence-electron chi connectivity index (χ3n) is 2.86. The summed E-state index contributed by atoms with van der Waals surface area (Å²) >= 11 is 0. The predicted molar refractivity (Wildman–Crippen MR) is 67.1 cm³/mol. The maximum Gasteiger partial charge on any atom is 0.326 e. The van der Waals surface area contributed by atoms with Crippen LogP contribution in [-0.4, -0.2) is 23.9 Å². The van der Waals surface area contributed by atoms with Gasteiger partial charge in [0.15, 0.2) is 11.5 Å². The summed E-state index contributed by atoms with van der Waals surface area (Å²) in [4.78, 5) is 11.1. The van der Waals surface area contributed by atoms with Crippen molar-refractivity contribution in [3.63, 3.8) is 0 Å². The van der Waals surface area contributed by atoms with E-state index in [2.05, 4.69) is 5.32 Å². The molecule has 1 aromatic carbocycles. The molecule has 0 aliphatic carbocycles. The molecule has 2 N–H and O–H groups in total. The zero-order valence-corrected chi connectivity index (χ0v) is 10.3. The first-order chi connectivity index (χ1) is 8.70. The second kappa shape index (κ2) is 5.62. The molecule has 98 valence electrons. The summed E-state index contributed by atoms with van der Waals surface area (Å²) in [6.45, 7) is 2.26. The summed E-state index contributed by atoms with van der Waals surface area (Å²) in [5.41, 5.74) is 0.739. The number of benzene rings is 1. The molecule has 1 aliphatic rings. The molecule has 1 aliphatic heterocycles. The Morgan fingerprint density at radius 2 is 2.22 bits per heavy atom. The summed E-state index contributed by atoms with van der Waals surface area (Å²) in [6, 6.07) is 4.79. The smallest absolute Gasteiger partial charge is 0.326 e. The predicted octanol–water partition coefficient (Wildman–Crippen LogP) is 2.47. The number of carboxylic acid groups (broad SMARTS) is 1. The van der Waals surface area contributed by atoms with Crippen molar-refractivity contribution in [1.29, 1.82) is 0 Å². The number of aliphatic carboxylic acids is 1. The number of rotatable bonds is 6. The fourth-order valence-corrected chi connectivity index (χ4v) is 1.85. The Bertz CT molecular complexity index is 433. The molecule has 0 aromatic heterocycles. The van der Waals surface area contributed by atoms with Gasteiger partial charge in [-0.15, -0.1) is 0 Å². The normalized spacial score (nSPS) is 14.3. The van der Waals surface area contributed by atoms with Crippen molar-refractivity contribution in [3.05, 3.63) is 18.2 Å². The van der Waals surface area contributed by atoms with E-state index in [1.54, 1.807) is 18.2 Å². The molecule has 1 heterocycles. The van der Waals surface area contributed by atoms with Gasteiger partial charge >= 0.3 is 5.97 Å². The average molecular weight is 251 g/mol. The molecular weight excluding hydrogens is 234 g/mol. The first-order valence-corrected chi connectivity index (χ1v) is 6.09. The van der Waals surface area contributed by atoms with Crippen LogP contribution in [0, 0.1) is 0 Å². The van der Waals surface area contributed by atoms with Crippen LogP contribution in [0.2, 0.25) is 0 Å². The summed E-state index contributed by atoms with van der Waals surface area (Å²) in [5.74, 6) is 0.515. The van der Waals surface area contributed by atoms with E-state index in [4.69, 9.17) is 14.6 Å². The third kappa shape index (κ3) is 2.85. The number of ether oxygens (including phenoxy) is 2. The summed E-state index contributed by atoms with van der Waals surface area (Å²) < 4.78 is 10.5. The molecule has 5 heteroatoms. The highest BCUT2D eigenvalue weighted by atomic mass is 16.7. The zero-order chi connectivity index (χ0) is 13.0. The molecule has 1 aromatic rings. The van der Waals surface area contributed by atoms with Crippen LogP contribution in [0.1, 0.15) is 26.2 Å². The molecule has 0 radical (unpaired) electrons. The fourth-order valence-electron chi connectivity index (χ4n) is 1.85. The highest BCUT2D eigenvalue weighted by molar-refractivity contribution is 5.77. The molecule has 5 nitrogen and oxygen atoms in total. The Kier molecular flexibility index (Phi) is 3.92. The van der Waals surface area contributed by atoms with Gasteiger partial charge in [0, 0.05) is 11.8 Å². The fraction of sp³-hybridized carbons (Fsp3) is 0.462. The van der Waals surface area contributed by atoms with E-state index in [1.165, 1.54) is 0 Å². The Hall–Kier alpha value is -1.91. The van der Waals surface area contributed by atoms with Gasteiger partial charge in [0.05, 0.1) is 0 Å². The van der Waals surface area contributed by atoms with Crippen LogP contribution in [0.15, 0.2) is 18.2 Å². The third-order valence-corrected chi connectivity index (χ3v) is 2.86. The average Bonchev–Trinajstić information content (AvgIpc) is 2.81. The van der Waals surface area contributed by atoms with E-state index < -0.39 is 12.0 Å². The van der Waals surface area contributed by atoms with E-state index in [0.717, 1.165) is 18.5 Å². The van der Waals surface area contributed by atoms with Crippen molar-refractivity contribution < 1.29 is 19.4 Å². The number of carboxylic acids is 1. The second-order valence-electron chi connectivity index (χ2n) is 4.25. The van der Waals surface area contributed by atoms with Gasteiger partial charge < -0.3 is 19.9 Å². The van der Waals surface area contributed by atoms with Crippen LogP contribution >= 0.6 is 0 Å². The first kappa shape index (κ1) is 12.5. The molecule has 0 saturated heterocycles. The van der Waals surface area contributed by atoms with Gasteiger partial charge in [0.1, 0.15) is 6.04 Å². The molecule has 0 spiro atoms. The first-order valence-electron chi connectivity index (χ1n) is 6.09. The van der Waals surface area contributed by atoms with Gasteiger partial charge in [0.25, 0.3) is 0 Å². The number of hydrogen-bond acceptors (Lipinski definition) is 4. The van der Waals surface area contributed by atoms with Gasteiger partial charge in [-0.3, -0.25) is 0 Å². The van der Waals surface area contributed by atoms with Crippen LogP contribution in [0.4, 0.5) is 5.69 Å². The van der Waals surface area contributed by atoms with E-state index in [9.17, 15) is 4.79 Å². The SMILES string of the molecule is CCCCC(Nc1ccc2c(c1)OCO2)C(=O)O. The number of fused-ring (bicyclic) bond motifs is 1. The lowest BCUT2D eigenvalue weighted by molar-refractivity contribution is -0.138. The summed E-state index contributed by atoms with van der Waals surface area (Å²) in [5, 5.41) is 12.1. The molecule has 0 fully saturated rings. The van der Waals surface area contributed by atoms with Gasteiger partial charge in [-0.05, 0) is 18.6 Å². The van der Waals surface area contributed by atoms with Crippen LogP contribution < -0.4 is 14.8 Å². The monoisotopic (exact) mass is 251 g/mol. The second-order valence-corrected chi connectivity index (χ2v) is 4.25. The van der Waals surface area contributed by atoms with Gasteiger partial charge in [-0.2, -0.15) is 0 Å². The van der Waals surface area contributed by atoms with Gasteiger partial charge in [0.2, 0.25) is 6.79 Å². The van der Waals surface area contributed by atoms with Crippen LogP contribution in [0.5, 0.6) is 11.5 Å². The van der Waals surface area contributed by atoms with E-state index in [1.807, 2.05) is 6.92 Å². The lowest BCUT2D eigenvalue weighted by atomic mass is 10.1. The van der Waals surface area contributed by atoms with Gasteiger partial charge in [-0.1, -0.05) is 19.8 Å². The van der Waals surface area contributed by atoms with Gasteiger partial charge in [-0.25, -0.2) is 4.79 Å². The lowest BCUT2D eigenvalue weighted by Gasteiger charge is -2.15. The van der Waals surface area contributed by atoms with E-state index in [0.29, 0.717) is 17.9 Å². The minimum absolute atomic E-state index is 0.219. The van der Waals surface area contributed by atoms with Crippen molar-refractivity contribution in [1.82, 2.24) is 0 Å². The minimum Gasteiger partial charge on any atom is -0.480 e. The molecule has 1 unspecified atom stereocenters. The highest BCUT2D eigenvalue weighted by Gasteiger charge is 2.18. The van der Waals surface area contributed by atoms with Crippen molar-refractivity contribution in [3.8, 4) is 11.5 Å². The zero-order valence-electron chi connectivity index (χ0n) is 10.3. The lowest BCUT2D eigenvalue weighted by Crippen LogP contribution is -2.29. The standard InChI is InChI=1S/C13H17NO4/c1-2-3-4-10(13(15)16)14-9-5-6-11-12(7-9)18-8-17-11/h5-7,10,14H,2-4,8H2,1H3,(H,15,16).